The van der Waals surface area contributed by atoms with E-state index in [0.717, 1.165) is 0 Å². The predicted octanol–water partition coefficient (Wildman–Crippen LogP) is 0.187. The molecule has 0 heterocycles. The maximum atomic E-state index is 11.5. The molecule has 5 nitrogen and oxygen atoms in total. The van der Waals surface area contributed by atoms with Crippen molar-refractivity contribution in [3.8, 4) is 0 Å². The lowest BCUT2D eigenvalue weighted by Gasteiger charge is -2.06. The highest BCUT2D eigenvalue weighted by molar-refractivity contribution is 7.80. The highest BCUT2D eigenvalue weighted by Gasteiger charge is 2.64. The molecule has 0 aromatic heterocycles. The van der Waals surface area contributed by atoms with Crippen LogP contribution in [0.1, 0.15) is 27.7 Å². The van der Waals surface area contributed by atoms with Gasteiger partial charge in [0.25, 0.3) is 0 Å². The van der Waals surface area contributed by atoms with Crippen molar-refractivity contribution in [2.75, 3.05) is 13.1 Å². The molecule has 1 fully saturated rings. The maximum Gasteiger partial charge on any atom is 0.309 e. The molecule has 1 rings (SSSR count). The number of amides is 2. The maximum absolute atomic E-state index is 11.5. The lowest BCUT2D eigenvalue weighted by atomic mass is 10.0. The van der Waals surface area contributed by atoms with E-state index in [9.17, 15) is 9.59 Å². The Kier molecular flexibility index (Phi) is 4.00. The van der Waals surface area contributed by atoms with Gasteiger partial charge in [-0.1, -0.05) is 39.9 Å². The fourth-order valence-corrected chi connectivity index (χ4v) is 2.44. The van der Waals surface area contributed by atoms with Crippen LogP contribution in [0.3, 0.4) is 0 Å². The van der Waals surface area contributed by atoms with E-state index in [1.165, 1.54) is 0 Å². The van der Waals surface area contributed by atoms with Crippen LogP contribution in [0.2, 0.25) is 0 Å². The van der Waals surface area contributed by atoms with E-state index in [1.807, 2.05) is 0 Å². The van der Waals surface area contributed by atoms with Crippen LogP contribution >= 0.6 is 12.2 Å². The first kappa shape index (κ1) is 14.9. The van der Waals surface area contributed by atoms with Gasteiger partial charge in [0.1, 0.15) is 0 Å². The number of hydrogen-bond donors (Lipinski definition) is 3. The number of carbonyl (C=O) groups excluding carboxylic acids is 2. The SMILES string of the molecule is CC1(C)C(CNC(=O)C(=O)NCC(N)=S)C1(C)C. The summed E-state index contributed by atoms with van der Waals surface area (Å²) >= 11 is 4.61. The van der Waals surface area contributed by atoms with Gasteiger partial charge in [0.05, 0.1) is 11.5 Å². The zero-order valence-electron chi connectivity index (χ0n) is 11.3. The summed E-state index contributed by atoms with van der Waals surface area (Å²) in [6.45, 7) is 9.21. The highest BCUT2D eigenvalue weighted by Crippen LogP contribution is 2.67. The number of nitrogens with two attached hydrogens (primary N) is 1. The Morgan fingerprint density at radius 2 is 1.56 bits per heavy atom. The van der Waals surface area contributed by atoms with Crippen LogP contribution < -0.4 is 16.4 Å². The summed E-state index contributed by atoms with van der Waals surface area (Å²) in [5.74, 6) is -0.943. The van der Waals surface area contributed by atoms with E-state index >= 15 is 0 Å². The van der Waals surface area contributed by atoms with Crippen LogP contribution in [0.4, 0.5) is 0 Å². The summed E-state index contributed by atoms with van der Waals surface area (Å²) in [5.41, 5.74) is 5.61. The van der Waals surface area contributed by atoms with Crippen molar-refractivity contribution in [1.29, 1.82) is 0 Å². The van der Waals surface area contributed by atoms with Crippen molar-refractivity contribution >= 4 is 29.0 Å². The largest absolute Gasteiger partial charge is 0.392 e. The minimum Gasteiger partial charge on any atom is -0.392 e. The van der Waals surface area contributed by atoms with E-state index in [-0.39, 0.29) is 22.4 Å². The number of rotatable bonds is 4. The first-order valence-corrected chi connectivity index (χ1v) is 6.36. The first-order chi connectivity index (χ1) is 8.10. The summed E-state index contributed by atoms with van der Waals surface area (Å²) in [4.78, 5) is 23.0. The minimum atomic E-state index is -0.695. The fourth-order valence-electron chi connectivity index (χ4n) is 2.37. The van der Waals surface area contributed by atoms with Crippen molar-refractivity contribution in [3.05, 3.63) is 0 Å². The lowest BCUT2D eigenvalue weighted by molar-refractivity contribution is -0.139. The summed E-state index contributed by atoms with van der Waals surface area (Å²) in [6, 6.07) is 0. The van der Waals surface area contributed by atoms with Crippen molar-refractivity contribution in [3.63, 3.8) is 0 Å². The Labute approximate surface area is 113 Å². The van der Waals surface area contributed by atoms with Crippen molar-refractivity contribution < 1.29 is 9.59 Å². The molecular weight excluding hydrogens is 250 g/mol. The van der Waals surface area contributed by atoms with Crippen molar-refractivity contribution in [2.45, 2.75) is 27.7 Å². The molecule has 0 unspecified atom stereocenters. The normalized spacial score (nSPS) is 20.0. The lowest BCUT2D eigenvalue weighted by Crippen LogP contribution is -2.43. The van der Waals surface area contributed by atoms with Gasteiger partial charge in [-0.05, 0) is 16.7 Å². The molecular formula is C12H21N3O2S. The molecule has 2 amide bonds. The van der Waals surface area contributed by atoms with Gasteiger partial charge in [0.2, 0.25) is 0 Å². The van der Waals surface area contributed by atoms with E-state index < -0.39 is 11.8 Å². The smallest absolute Gasteiger partial charge is 0.309 e. The Morgan fingerprint density at radius 3 is 1.94 bits per heavy atom. The van der Waals surface area contributed by atoms with Gasteiger partial charge < -0.3 is 16.4 Å². The molecule has 0 aromatic carbocycles. The molecule has 18 heavy (non-hydrogen) atoms. The van der Waals surface area contributed by atoms with Crippen molar-refractivity contribution in [1.82, 2.24) is 10.6 Å². The van der Waals surface area contributed by atoms with Gasteiger partial charge >= 0.3 is 11.8 Å². The second-order valence-corrected chi connectivity index (χ2v) is 6.38. The summed E-state index contributed by atoms with van der Waals surface area (Å²) in [7, 11) is 0. The number of thiocarbonyl (C=S) groups is 1. The third-order valence-electron chi connectivity index (χ3n) is 4.42. The van der Waals surface area contributed by atoms with Crippen LogP contribution in [0.15, 0.2) is 0 Å². The molecule has 6 heteroatoms. The number of carbonyl (C=O) groups is 2. The molecule has 1 aliphatic carbocycles. The van der Waals surface area contributed by atoms with Gasteiger partial charge in [-0.15, -0.1) is 0 Å². The molecule has 1 aliphatic rings. The van der Waals surface area contributed by atoms with Crippen LogP contribution in [-0.4, -0.2) is 29.9 Å². The standard InChI is InChI=1S/C12H21N3O2S/c1-11(2)7(12(11,3)4)5-14-9(16)10(17)15-6-8(13)18/h7H,5-6H2,1-4H3,(H2,13,18)(H,14,16)(H,15,17). The molecule has 0 spiro atoms. The predicted molar refractivity (Wildman–Crippen MR) is 73.9 cm³/mol. The van der Waals surface area contributed by atoms with Gasteiger partial charge in [-0.3, -0.25) is 9.59 Å². The van der Waals surface area contributed by atoms with E-state index in [2.05, 4.69) is 50.5 Å². The monoisotopic (exact) mass is 271 g/mol. The molecule has 0 atom stereocenters. The molecule has 4 N–H and O–H groups in total. The van der Waals surface area contributed by atoms with Gasteiger partial charge in [-0.2, -0.15) is 0 Å². The summed E-state index contributed by atoms with van der Waals surface area (Å²) in [5, 5.41) is 4.99. The zero-order valence-corrected chi connectivity index (χ0v) is 12.1. The second-order valence-electron chi connectivity index (χ2n) is 5.85. The Bertz CT molecular complexity index is 377. The molecule has 0 aromatic rings. The van der Waals surface area contributed by atoms with Crippen LogP contribution in [0, 0.1) is 16.7 Å². The fraction of sp³-hybridized carbons (Fsp3) is 0.750. The van der Waals surface area contributed by atoms with Gasteiger partial charge in [0, 0.05) is 6.54 Å². The van der Waals surface area contributed by atoms with E-state index in [1.54, 1.807) is 0 Å². The Hall–Kier alpha value is -1.17. The first-order valence-electron chi connectivity index (χ1n) is 5.95. The van der Waals surface area contributed by atoms with E-state index in [0.29, 0.717) is 12.5 Å². The Morgan fingerprint density at radius 1 is 1.11 bits per heavy atom. The molecule has 0 bridgehead atoms. The quantitative estimate of drug-likeness (QED) is 0.503. The third kappa shape index (κ3) is 2.80. The van der Waals surface area contributed by atoms with Gasteiger partial charge in [-0.25, -0.2) is 0 Å². The molecule has 0 radical (unpaired) electrons. The topological polar surface area (TPSA) is 84.2 Å². The van der Waals surface area contributed by atoms with Crippen molar-refractivity contribution in [2.24, 2.45) is 22.5 Å². The minimum absolute atomic E-state index is 0.0437. The van der Waals surface area contributed by atoms with Crippen LogP contribution in [0.25, 0.3) is 0 Å². The third-order valence-corrected chi connectivity index (χ3v) is 4.56. The zero-order chi connectivity index (χ0) is 14.1. The summed E-state index contributed by atoms with van der Waals surface area (Å²) < 4.78 is 0. The van der Waals surface area contributed by atoms with E-state index in [4.69, 9.17) is 5.73 Å². The average Bonchev–Trinajstić information content (AvgIpc) is 2.63. The molecule has 102 valence electrons. The number of hydrogen-bond acceptors (Lipinski definition) is 3. The van der Waals surface area contributed by atoms with Gasteiger partial charge in [0.15, 0.2) is 0 Å². The average molecular weight is 271 g/mol. The molecule has 0 aliphatic heterocycles. The second kappa shape index (κ2) is 4.84. The molecule has 0 saturated heterocycles. The summed E-state index contributed by atoms with van der Waals surface area (Å²) in [6.07, 6.45) is 0. The number of nitrogens with one attached hydrogen (secondary N) is 2. The highest BCUT2D eigenvalue weighted by atomic mass is 32.1. The van der Waals surface area contributed by atoms with Crippen LogP contribution in [0.5, 0.6) is 0 Å². The Balaban J connectivity index is 2.35. The molecule has 1 saturated carbocycles. The van der Waals surface area contributed by atoms with Crippen LogP contribution in [-0.2, 0) is 9.59 Å².